The SMILES string of the molecule is NCCc1nc(C(=O)N2CCC(O)C2)cs1. The molecule has 5 nitrogen and oxygen atoms in total. The molecule has 0 aromatic carbocycles. The molecule has 0 aliphatic carbocycles. The molecule has 0 radical (unpaired) electrons. The predicted molar refractivity (Wildman–Crippen MR) is 61.4 cm³/mol. The number of β-amino-alcohol motifs (C(OH)–C–C–N with tert-alkyl or cyclic N) is 1. The van der Waals surface area contributed by atoms with Gasteiger partial charge in [-0.3, -0.25) is 4.79 Å². The number of hydrogen-bond donors (Lipinski definition) is 2. The van der Waals surface area contributed by atoms with Gasteiger partial charge >= 0.3 is 0 Å². The molecule has 6 heteroatoms. The molecule has 16 heavy (non-hydrogen) atoms. The number of carbonyl (C=O) groups is 1. The maximum Gasteiger partial charge on any atom is 0.273 e. The van der Waals surface area contributed by atoms with Gasteiger partial charge in [0.1, 0.15) is 5.69 Å². The number of aliphatic hydroxyl groups is 1. The van der Waals surface area contributed by atoms with Crippen LogP contribution in [0.1, 0.15) is 21.9 Å². The Hall–Kier alpha value is -0.980. The van der Waals surface area contributed by atoms with E-state index in [-0.39, 0.29) is 12.0 Å². The van der Waals surface area contributed by atoms with Crippen LogP contribution in [0.4, 0.5) is 0 Å². The first-order chi connectivity index (χ1) is 7.70. The zero-order valence-corrected chi connectivity index (χ0v) is 9.74. The maximum absolute atomic E-state index is 11.9. The van der Waals surface area contributed by atoms with Gasteiger partial charge in [0.25, 0.3) is 5.91 Å². The molecule has 1 atom stereocenters. The fraction of sp³-hybridized carbons (Fsp3) is 0.600. The summed E-state index contributed by atoms with van der Waals surface area (Å²) in [6.45, 7) is 1.58. The predicted octanol–water partition coefficient (Wildman–Crippen LogP) is -0.149. The van der Waals surface area contributed by atoms with Crippen molar-refractivity contribution in [3.63, 3.8) is 0 Å². The summed E-state index contributed by atoms with van der Waals surface area (Å²) < 4.78 is 0. The highest BCUT2D eigenvalue weighted by molar-refractivity contribution is 7.09. The number of thiazole rings is 1. The summed E-state index contributed by atoms with van der Waals surface area (Å²) in [6.07, 6.45) is 0.984. The topological polar surface area (TPSA) is 79.5 Å². The van der Waals surface area contributed by atoms with Crippen molar-refractivity contribution in [3.8, 4) is 0 Å². The number of amides is 1. The molecule has 2 heterocycles. The van der Waals surface area contributed by atoms with Gasteiger partial charge in [0.05, 0.1) is 11.1 Å². The molecule has 1 fully saturated rings. The molecule has 1 aromatic rings. The van der Waals surface area contributed by atoms with Crippen molar-refractivity contribution < 1.29 is 9.90 Å². The first kappa shape index (κ1) is 11.5. The van der Waals surface area contributed by atoms with Gasteiger partial charge in [-0.15, -0.1) is 11.3 Å². The van der Waals surface area contributed by atoms with Crippen LogP contribution < -0.4 is 5.73 Å². The minimum Gasteiger partial charge on any atom is -0.391 e. The monoisotopic (exact) mass is 241 g/mol. The molecule has 1 aromatic heterocycles. The highest BCUT2D eigenvalue weighted by Gasteiger charge is 2.26. The highest BCUT2D eigenvalue weighted by atomic mass is 32.1. The van der Waals surface area contributed by atoms with Gasteiger partial charge in [-0.2, -0.15) is 0 Å². The van der Waals surface area contributed by atoms with Gasteiger partial charge in [0.2, 0.25) is 0 Å². The van der Waals surface area contributed by atoms with Crippen molar-refractivity contribution >= 4 is 17.2 Å². The van der Waals surface area contributed by atoms with Crippen LogP contribution in [0.25, 0.3) is 0 Å². The van der Waals surface area contributed by atoms with Crippen molar-refractivity contribution in [2.75, 3.05) is 19.6 Å². The molecule has 1 saturated heterocycles. The van der Waals surface area contributed by atoms with Crippen LogP contribution in [0.15, 0.2) is 5.38 Å². The number of hydrogen-bond acceptors (Lipinski definition) is 5. The third-order valence-corrected chi connectivity index (χ3v) is 3.49. The molecule has 3 N–H and O–H groups in total. The first-order valence-corrected chi connectivity index (χ1v) is 6.20. The van der Waals surface area contributed by atoms with Crippen LogP contribution in [0, 0.1) is 0 Å². The maximum atomic E-state index is 11.9. The molecule has 1 aliphatic rings. The minimum atomic E-state index is -0.383. The second-order valence-electron chi connectivity index (χ2n) is 3.86. The summed E-state index contributed by atoms with van der Waals surface area (Å²) in [4.78, 5) is 17.8. The van der Waals surface area contributed by atoms with Gasteiger partial charge in [-0.1, -0.05) is 0 Å². The minimum absolute atomic E-state index is 0.0870. The zero-order valence-electron chi connectivity index (χ0n) is 8.93. The fourth-order valence-corrected chi connectivity index (χ4v) is 2.52. The van der Waals surface area contributed by atoms with E-state index in [2.05, 4.69) is 4.98 Å². The number of aromatic nitrogens is 1. The van der Waals surface area contributed by atoms with Crippen LogP contribution in [-0.4, -0.2) is 46.6 Å². The lowest BCUT2D eigenvalue weighted by Crippen LogP contribution is -2.29. The molecule has 2 rings (SSSR count). The standard InChI is InChI=1S/C10H15N3O2S/c11-3-1-9-12-8(6-16-9)10(15)13-4-2-7(14)5-13/h6-7,14H,1-5,11H2. The summed E-state index contributed by atoms with van der Waals surface area (Å²) in [5, 5.41) is 12.0. The zero-order chi connectivity index (χ0) is 11.5. The molecule has 0 bridgehead atoms. The van der Waals surface area contributed by atoms with Crippen molar-refractivity contribution in [1.29, 1.82) is 0 Å². The Bertz CT molecular complexity index is 380. The summed E-state index contributed by atoms with van der Waals surface area (Å²) in [5.74, 6) is -0.0870. The molecule has 1 amide bonds. The van der Waals surface area contributed by atoms with E-state index in [0.29, 0.717) is 38.2 Å². The van der Waals surface area contributed by atoms with E-state index < -0.39 is 0 Å². The molecule has 1 aliphatic heterocycles. The van der Waals surface area contributed by atoms with E-state index in [4.69, 9.17) is 5.73 Å². The Morgan fingerprint density at radius 1 is 1.75 bits per heavy atom. The number of rotatable bonds is 3. The van der Waals surface area contributed by atoms with Crippen LogP contribution in [0.2, 0.25) is 0 Å². The number of nitrogens with two attached hydrogens (primary N) is 1. The smallest absolute Gasteiger partial charge is 0.273 e. The summed E-state index contributed by atoms with van der Waals surface area (Å²) in [6, 6.07) is 0. The average molecular weight is 241 g/mol. The molecule has 88 valence electrons. The molecule has 0 spiro atoms. The number of carbonyl (C=O) groups excluding carboxylic acids is 1. The van der Waals surface area contributed by atoms with Gasteiger partial charge < -0.3 is 15.7 Å². The lowest BCUT2D eigenvalue weighted by Gasteiger charge is -2.13. The average Bonchev–Trinajstić information content (AvgIpc) is 2.87. The Labute approximate surface area is 97.9 Å². The van der Waals surface area contributed by atoms with Crippen LogP contribution >= 0.6 is 11.3 Å². The van der Waals surface area contributed by atoms with E-state index >= 15 is 0 Å². The van der Waals surface area contributed by atoms with Gasteiger partial charge in [0.15, 0.2) is 0 Å². The number of likely N-dealkylation sites (tertiary alicyclic amines) is 1. The van der Waals surface area contributed by atoms with E-state index in [1.807, 2.05) is 0 Å². The van der Waals surface area contributed by atoms with Crippen LogP contribution in [0.5, 0.6) is 0 Å². The number of nitrogens with zero attached hydrogens (tertiary/aromatic N) is 2. The third-order valence-electron chi connectivity index (χ3n) is 2.58. The first-order valence-electron chi connectivity index (χ1n) is 5.32. The molecular weight excluding hydrogens is 226 g/mol. The number of aliphatic hydroxyl groups excluding tert-OH is 1. The third kappa shape index (κ3) is 2.40. The Morgan fingerprint density at radius 3 is 3.19 bits per heavy atom. The fourth-order valence-electron chi connectivity index (χ4n) is 1.74. The van der Waals surface area contributed by atoms with E-state index in [9.17, 15) is 9.90 Å². The van der Waals surface area contributed by atoms with Crippen molar-refractivity contribution in [2.45, 2.75) is 18.9 Å². The molecule has 0 saturated carbocycles. The molecular formula is C10H15N3O2S. The quantitative estimate of drug-likeness (QED) is 0.771. The van der Waals surface area contributed by atoms with Gasteiger partial charge in [-0.05, 0) is 13.0 Å². The summed E-state index contributed by atoms with van der Waals surface area (Å²) >= 11 is 1.46. The van der Waals surface area contributed by atoms with Crippen molar-refractivity contribution in [2.24, 2.45) is 5.73 Å². The summed E-state index contributed by atoms with van der Waals surface area (Å²) in [7, 11) is 0. The highest BCUT2D eigenvalue weighted by Crippen LogP contribution is 2.16. The summed E-state index contributed by atoms with van der Waals surface area (Å²) in [5.41, 5.74) is 5.90. The van der Waals surface area contributed by atoms with E-state index in [0.717, 1.165) is 5.01 Å². The van der Waals surface area contributed by atoms with Crippen molar-refractivity contribution in [1.82, 2.24) is 9.88 Å². The van der Waals surface area contributed by atoms with Crippen LogP contribution in [0.3, 0.4) is 0 Å². The normalized spacial score (nSPS) is 20.4. The van der Waals surface area contributed by atoms with Gasteiger partial charge in [-0.25, -0.2) is 4.98 Å². The van der Waals surface area contributed by atoms with E-state index in [1.54, 1.807) is 10.3 Å². The lowest BCUT2D eigenvalue weighted by molar-refractivity contribution is 0.0760. The van der Waals surface area contributed by atoms with Gasteiger partial charge in [0, 0.05) is 24.9 Å². The second-order valence-corrected chi connectivity index (χ2v) is 4.80. The van der Waals surface area contributed by atoms with Crippen LogP contribution in [-0.2, 0) is 6.42 Å². The lowest BCUT2D eigenvalue weighted by atomic mass is 10.3. The van der Waals surface area contributed by atoms with Crippen molar-refractivity contribution in [3.05, 3.63) is 16.1 Å². The van der Waals surface area contributed by atoms with E-state index in [1.165, 1.54) is 11.3 Å². The Morgan fingerprint density at radius 2 is 2.56 bits per heavy atom. The largest absolute Gasteiger partial charge is 0.391 e. The second kappa shape index (κ2) is 4.90. The Kier molecular flexibility index (Phi) is 3.52. The molecule has 1 unspecified atom stereocenters. The Balaban J connectivity index is 2.03.